The lowest BCUT2D eigenvalue weighted by Crippen LogP contribution is -2.39. The number of carbonyl (C=O) groups excluding carboxylic acids is 1. The third kappa shape index (κ3) is 5.27. The zero-order valence-electron chi connectivity index (χ0n) is 20.6. The molecule has 1 fully saturated rings. The number of halogens is 1. The van der Waals surface area contributed by atoms with Crippen molar-refractivity contribution in [3.05, 3.63) is 82.6 Å². The number of fused-ring (bicyclic) bond motifs is 1. The number of nitrogens with zero attached hydrogens (tertiary/aromatic N) is 4. The molecule has 0 bridgehead atoms. The molecule has 0 N–H and O–H groups in total. The van der Waals surface area contributed by atoms with Gasteiger partial charge in [0, 0.05) is 24.8 Å². The van der Waals surface area contributed by atoms with Gasteiger partial charge in [0.1, 0.15) is 0 Å². The summed E-state index contributed by atoms with van der Waals surface area (Å²) < 4.78 is 28.7. The number of sulfonamides is 1. The average molecular weight is 555 g/mol. The number of hydrogen-bond acceptors (Lipinski definition) is 6. The molecule has 1 aliphatic heterocycles. The number of benzene rings is 2. The van der Waals surface area contributed by atoms with Crippen molar-refractivity contribution in [3.63, 3.8) is 0 Å². The molecule has 4 aromatic rings. The largest absolute Gasteiger partial charge is 0.278 e. The molecule has 2 aromatic carbocycles. The molecule has 37 heavy (non-hydrogen) atoms. The van der Waals surface area contributed by atoms with Gasteiger partial charge in [-0.2, -0.15) is 4.31 Å². The summed E-state index contributed by atoms with van der Waals surface area (Å²) >= 11 is 7.78. The van der Waals surface area contributed by atoms with E-state index in [9.17, 15) is 13.2 Å². The lowest BCUT2D eigenvalue weighted by atomic mass is 10.0. The Hall–Kier alpha value is -2.85. The standard InChI is InChI=1S/C27H27ClN4O3S2/c1-18-6-5-15-31(16-18)37(34,35)22-11-9-20(10-12-22)26(33)32(17-21-7-3-4-14-29-21)27-30-24-19(2)8-13-23(28)25(24)36-27/h3-4,7-14,18H,5-6,15-17H2,1-2H3. The van der Waals surface area contributed by atoms with E-state index in [1.165, 1.54) is 23.5 Å². The first-order valence-corrected chi connectivity index (χ1v) is 14.7. The number of piperidine rings is 1. The normalized spacial score (nSPS) is 16.7. The van der Waals surface area contributed by atoms with Crippen LogP contribution in [0.1, 0.15) is 41.4 Å². The number of pyridine rings is 1. The highest BCUT2D eigenvalue weighted by atomic mass is 35.5. The van der Waals surface area contributed by atoms with Crippen LogP contribution < -0.4 is 4.90 Å². The molecule has 0 saturated carbocycles. The van der Waals surface area contributed by atoms with Crippen LogP contribution in [-0.4, -0.2) is 41.7 Å². The number of aryl methyl sites for hydroxylation is 1. The monoisotopic (exact) mass is 554 g/mol. The SMILES string of the molecule is Cc1ccc(Cl)c2sc(N(Cc3ccccn3)C(=O)c3ccc(S(=O)(=O)N4CCCC(C)C4)cc3)nc12. The van der Waals surface area contributed by atoms with E-state index in [1.54, 1.807) is 27.5 Å². The molecule has 7 nitrogen and oxygen atoms in total. The predicted octanol–water partition coefficient (Wildman–Crippen LogP) is 5.92. The number of rotatable bonds is 6. The summed E-state index contributed by atoms with van der Waals surface area (Å²) in [6, 6.07) is 15.4. The molecule has 1 saturated heterocycles. The minimum absolute atomic E-state index is 0.191. The highest BCUT2D eigenvalue weighted by Gasteiger charge is 2.29. The number of carbonyl (C=O) groups is 1. The molecule has 1 unspecified atom stereocenters. The molecule has 1 atom stereocenters. The summed E-state index contributed by atoms with van der Waals surface area (Å²) in [7, 11) is -3.61. The van der Waals surface area contributed by atoms with E-state index in [4.69, 9.17) is 16.6 Å². The Morgan fingerprint density at radius 3 is 2.62 bits per heavy atom. The molecule has 3 heterocycles. The molecule has 2 aromatic heterocycles. The first-order chi connectivity index (χ1) is 17.7. The van der Waals surface area contributed by atoms with E-state index in [0.717, 1.165) is 28.6 Å². The van der Waals surface area contributed by atoms with Gasteiger partial charge in [-0.3, -0.25) is 14.7 Å². The Morgan fingerprint density at radius 2 is 1.95 bits per heavy atom. The maximum atomic E-state index is 13.8. The highest BCUT2D eigenvalue weighted by Crippen LogP contribution is 2.36. The summed E-state index contributed by atoms with van der Waals surface area (Å²) in [5.74, 6) is 0.0320. The topological polar surface area (TPSA) is 83.5 Å². The first-order valence-electron chi connectivity index (χ1n) is 12.1. The van der Waals surface area contributed by atoms with Crippen molar-refractivity contribution in [2.24, 2.45) is 5.92 Å². The zero-order chi connectivity index (χ0) is 26.2. The van der Waals surface area contributed by atoms with E-state index in [0.29, 0.717) is 40.4 Å². The van der Waals surface area contributed by atoms with Crippen molar-refractivity contribution in [2.75, 3.05) is 18.0 Å². The molecule has 0 aliphatic carbocycles. The lowest BCUT2D eigenvalue weighted by Gasteiger charge is -2.30. The first kappa shape index (κ1) is 25.8. The van der Waals surface area contributed by atoms with Crippen LogP contribution >= 0.6 is 22.9 Å². The third-order valence-electron chi connectivity index (χ3n) is 6.57. The van der Waals surface area contributed by atoms with Gasteiger partial charge in [-0.05, 0) is 73.7 Å². The molecular weight excluding hydrogens is 528 g/mol. The van der Waals surface area contributed by atoms with Gasteiger partial charge in [0.05, 0.1) is 32.4 Å². The van der Waals surface area contributed by atoms with Gasteiger partial charge in [0.2, 0.25) is 10.0 Å². The summed E-state index contributed by atoms with van der Waals surface area (Å²) in [6.45, 7) is 5.26. The second-order valence-corrected chi connectivity index (χ2v) is 12.7. The fraction of sp³-hybridized carbons (Fsp3) is 0.296. The van der Waals surface area contributed by atoms with Crippen LogP contribution in [0.15, 0.2) is 65.7 Å². The van der Waals surface area contributed by atoms with Gasteiger partial charge in [0.15, 0.2) is 5.13 Å². The molecule has 0 radical (unpaired) electrons. The van der Waals surface area contributed by atoms with Crippen molar-refractivity contribution in [2.45, 2.75) is 38.1 Å². The summed E-state index contributed by atoms with van der Waals surface area (Å²) in [4.78, 5) is 24.7. The maximum Gasteiger partial charge on any atom is 0.260 e. The second-order valence-electron chi connectivity index (χ2n) is 9.39. The fourth-order valence-electron chi connectivity index (χ4n) is 4.53. The van der Waals surface area contributed by atoms with Crippen LogP contribution in [0.5, 0.6) is 0 Å². The molecule has 10 heteroatoms. The van der Waals surface area contributed by atoms with Crippen molar-refractivity contribution in [1.29, 1.82) is 0 Å². The molecule has 0 spiro atoms. The number of amides is 1. The van der Waals surface area contributed by atoms with Crippen molar-refractivity contribution in [1.82, 2.24) is 14.3 Å². The van der Waals surface area contributed by atoms with Crippen LogP contribution in [0.25, 0.3) is 10.2 Å². The van der Waals surface area contributed by atoms with Gasteiger partial charge in [0.25, 0.3) is 5.91 Å². The van der Waals surface area contributed by atoms with Gasteiger partial charge in [-0.1, -0.05) is 42.0 Å². The lowest BCUT2D eigenvalue weighted by molar-refractivity contribution is 0.0984. The summed E-state index contributed by atoms with van der Waals surface area (Å²) in [5, 5.41) is 1.08. The van der Waals surface area contributed by atoms with Gasteiger partial charge in [-0.25, -0.2) is 13.4 Å². The number of anilines is 1. The molecular formula is C27H27ClN4O3S2. The van der Waals surface area contributed by atoms with Crippen molar-refractivity contribution < 1.29 is 13.2 Å². The van der Waals surface area contributed by atoms with E-state index in [1.807, 2.05) is 37.3 Å². The molecule has 192 valence electrons. The Bertz CT molecular complexity index is 1500. The fourth-order valence-corrected chi connectivity index (χ4v) is 7.44. The Labute approximate surface area is 225 Å². The molecule has 5 rings (SSSR count). The van der Waals surface area contributed by atoms with E-state index < -0.39 is 10.0 Å². The molecule has 1 amide bonds. The summed E-state index contributed by atoms with van der Waals surface area (Å²) in [5.41, 5.74) is 2.79. The zero-order valence-corrected chi connectivity index (χ0v) is 23.0. The number of thiazole rings is 1. The minimum Gasteiger partial charge on any atom is -0.278 e. The van der Waals surface area contributed by atoms with Crippen LogP contribution in [0.2, 0.25) is 5.02 Å². The molecule has 1 aliphatic rings. The maximum absolute atomic E-state index is 13.8. The quantitative estimate of drug-likeness (QED) is 0.295. The van der Waals surface area contributed by atoms with E-state index in [2.05, 4.69) is 11.9 Å². The van der Waals surface area contributed by atoms with Gasteiger partial charge in [-0.15, -0.1) is 0 Å². The highest BCUT2D eigenvalue weighted by molar-refractivity contribution is 7.89. The number of hydrogen-bond donors (Lipinski definition) is 0. The third-order valence-corrected chi connectivity index (χ3v) is 9.99. The van der Waals surface area contributed by atoms with Crippen molar-refractivity contribution >= 4 is 54.2 Å². The minimum atomic E-state index is -3.61. The Morgan fingerprint density at radius 1 is 1.16 bits per heavy atom. The number of aromatic nitrogens is 2. The van der Waals surface area contributed by atoms with Gasteiger partial charge < -0.3 is 0 Å². The van der Waals surface area contributed by atoms with E-state index >= 15 is 0 Å². The summed E-state index contributed by atoms with van der Waals surface area (Å²) in [6.07, 6.45) is 3.56. The van der Waals surface area contributed by atoms with Crippen molar-refractivity contribution in [3.8, 4) is 0 Å². The smallest absolute Gasteiger partial charge is 0.260 e. The van der Waals surface area contributed by atoms with Crippen LogP contribution in [0, 0.1) is 12.8 Å². The predicted molar refractivity (Wildman–Crippen MR) is 148 cm³/mol. The average Bonchev–Trinajstić information content (AvgIpc) is 3.36. The van der Waals surface area contributed by atoms with Crippen LogP contribution in [0.4, 0.5) is 5.13 Å². The Balaban J connectivity index is 1.48. The van der Waals surface area contributed by atoms with Crippen LogP contribution in [0.3, 0.4) is 0 Å². The van der Waals surface area contributed by atoms with E-state index in [-0.39, 0.29) is 17.3 Å². The van der Waals surface area contributed by atoms with Gasteiger partial charge >= 0.3 is 0 Å². The Kier molecular flexibility index (Phi) is 7.31. The van der Waals surface area contributed by atoms with Crippen LogP contribution in [-0.2, 0) is 16.6 Å². The second kappa shape index (κ2) is 10.5.